The normalized spacial score (nSPS) is 15.6. The highest BCUT2D eigenvalue weighted by Gasteiger charge is 2.33. The number of hydrogen-bond donors (Lipinski definition) is 0. The molecule has 1 aromatic carbocycles. The van der Waals surface area contributed by atoms with E-state index in [1.165, 1.54) is 0 Å². The number of rotatable bonds is 6. The molecule has 0 N–H and O–H groups in total. The van der Waals surface area contributed by atoms with Crippen molar-refractivity contribution in [3.8, 4) is 0 Å². The van der Waals surface area contributed by atoms with Gasteiger partial charge in [-0.2, -0.15) is 5.10 Å². The second kappa shape index (κ2) is 10.1. The number of aryl methyl sites for hydroxylation is 1. The molecule has 2 aromatic heterocycles. The Morgan fingerprint density at radius 3 is 2.41 bits per heavy atom. The van der Waals surface area contributed by atoms with E-state index in [2.05, 4.69) is 28.8 Å². The van der Waals surface area contributed by atoms with E-state index in [-0.39, 0.29) is 17.9 Å². The van der Waals surface area contributed by atoms with Gasteiger partial charge in [0.1, 0.15) is 6.04 Å². The lowest BCUT2D eigenvalue weighted by Crippen LogP contribution is -2.51. The highest BCUT2D eigenvalue weighted by molar-refractivity contribution is 6.30. The van der Waals surface area contributed by atoms with E-state index < -0.39 is 6.04 Å². The van der Waals surface area contributed by atoms with Crippen molar-refractivity contribution in [2.75, 3.05) is 32.8 Å². The average molecular weight is 484 g/mol. The van der Waals surface area contributed by atoms with Crippen LogP contribution in [0, 0.1) is 6.92 Å². The lowest BCUT2D eigenvalue weighted by Gasteiger charge is -2.38. The van der Waals surface area contributed by atoms with Crippen LogP contribution in [0.3, 0.4) is 0 Å². The third-order valence-electron chi connectivity index (χ3n) is 6.14. The van der Waals surface area contributed by atoms with Crippen LogP contribution in [-0.2, 0) is 9.53 Å². The van der Waals surface area contributed by atoms with E-state index in [1.54, 1.807) is 25.3 Å². The highest BCUT2D eigenvalue weighted by atomic mass is 35.5. The van der Waals surface area contributed by atoms with E-state index >= 15 is 0 Å². The van der Waals surface area contributed by atoms with Gasteiger partial charge in [0, 0.05) is 42.6 Å². The molecule has 34 heavy (non-hydrogen) atoms. The van der Waals surface area contributed by atoms with Crippen LogP contribution in [0.1, 0.15) is 54.5 Å². The molecular formula is C25H30ClN5O3. The van der Waals surface area contributed by atoms with E-state index in [9.17, 15) is 9.59 Å². The number of carbonyl (C=O) groups excluding carboxylic acids is 2. The molecule has 0 spiro atoms. The molecule has 0 aliphatic carbocycles. The summed E-state index contributed by atoms with van der Waals surface area (Å²) in [7, 11) is 0. The summed E-state index contributed by atoms with van der Waals surface area (Å²) in [6, 6.07) is 8.79. The summed E-state index contributed by atoms with van der Waals surface area (Å²) >= 11 is 6.04. The van der Waals surface area contributed by atoms with Gasteiger partial charge < -0.3 is 9.64 Å². The van der Waals surface area contributed by atoms with Gasteiger partial charge in [-0.15, -0.1) is 0 Å². The minimum absolute atomic E-state index is 0.0528. The van der Waals surface area contributed by atoms with Crippen LogP contribution >= 0.6 is 11.6 Å². The minimum atomic E-state index is -0.531. The second-order valence-corrected chi connectivity index (χ2v) is 9.19. The number of benzene rings is 1. The predicted molar refractivity (Wildman–Crippen MR) is 131 cm³/mol. The Hall–Kier alpha value is -2.97. The number of amides is 1. The van der Waals surface area contributed by atoms with Crippen molar-refractivity contribution in [3.05, 3.63) is 58.4 Å². The Morgan fingerprint density at radius 2 is 1.79 bits per heavy atom. The Balaban J connectivity index is 1.51. The SMILES string of the molecule is CCOC(=O)[C@@H](c1ccc(Cl)cc1)N1CCN(C(=O)c2cc3cnn(C(C)C)c3nc2C)CC1. The number of hydrogen-bond acceptors (Lipinski definition) is 6. The minimum Gasteiger partial charge on any atom is -0.465 e. The molecule has 0 bridgehead atoms. The number of aromatic nitrogens is 3. The number of esters is 1. The Kier molecular flexibility index (Phi) is 7.19. The van der Waals surface area contributed by atoms with Gasteiger partial charge in [0.25, 0.3) is 5.91 Å². The van der Waals surface area contributed by atoms with Crippen molar-refractivity contribution in [2.45, 2.75) is 39.8 Å². The van der Waals surface area contributed by atoms with Gasteiger partial charge in [0.05, 0.1) is 24.1 Å². The summed E-state index contributed by atoms with van der Waals surface area (Å²) in [6.07, 6.45) is 1.76. The molecule has 0 radical (unpaired) electrons. The third kappa shape index (κ3) is 4.79. The Bertz CT molecular complexity index is 1180. The fourth-order valence-corrected chi connectivity index (χ4v) is 4.50. The van der Waals surface area contributed by atoms with Crippen LogP contribution in [0.15, 0.2) is 36.5 Å². The van der Waals surface area contributed by atoms with Crippen molar-refractivity contribution >= 4 is 34.5 Å². The smallest absolute Gasteiger partial charge is 0.328 e. The molecule has 8 nitrogen and oxygen atoms in total. The zero-order valence-corrected chi connectivity index (χ0v) is 20.7. The highest BCUT2D eigenvalue weighted by Crippen LogP contribution is 2.26. The van der Waals surface area contributed by atoms with Gasteiger partial charge in [-0.25, -0.2) is 14.5 Å². The maximum Gasteiger partial charge on any atom is 0.328 e. The molecule has 180 valence electrons. The van der Waals surface area contributed by atoms with Crippen LogP contribution in [0.2, 0.25) is 5.02 Å². The van der Waals surface area contributed by atoms with Crippen molar-refractivity contribution < 1.29 is 14.3 Å². The number of halogens is 1. The van der Waals surface area contributed by atoms with Crippen LogP contribution in [-0.4, -0.2) is 69.2 Å². The summed E-state index contributed by atoms with van der Waals surface area (Å²) in [5, 5.41) is 5.88. The second-order valence-electron chi connectivity index (χ2n) is 8.75. The van der Waals surface area contributed by atoms with E-state index in [0.717, 1.165) is 16.6 Å². The van der Waals surface area contributed by atoms with Crippen LogP contribution in [0.25, 0.3) is 11.0 Å². The quantitative estimate of drug-likeness (QED) is 0.492. The molecule has 1 aliphatic heterocycles. The van der Waals surface area contributed by atoms with Crippen LogP contribution in [0.4, 0.5) is 0 Å². The molecule has 1 aliphatic rings. The third-order valence-corrected chi connectivity index (χ3v) is 6.39. The van der Waals surface area contributed by atoms with Gasteiger partial charge in [-0.05, 0) is 51.5 Å². The number of nitrogens with zero attached hydrogens (tertiary/aromatic N) is 5. The first-order valence-corrected chi connectivity index (χ1v) is 12.0. The van der Waals surface area contributed by atoms with Gasteiger partial charge in [0.2, 0.25) is 0 Å². The first-order chi connectivity index (χ1) is 16.3. The van der Waals surface area contributed by atoms with Gasteiger partial charge in [-0.3, -0.25) is 9.69 Å². The van der Waals surface area contributed by atoms with Crippen molar-refractivity contribution in [1.29, 1.82) is 0 Å². The summed E-state index contributed by atoms with van der Waals surface area (Å²) in [6.45, 7) is 10.2. The lowest BCUT2D eigenvalue weighted by molar-refractivity contribution is -0.150. The lowest BCUT2D eigenvalue weighted by atomic mass is 10.0. The molecular weight excluding hydrogens is 454 g/mol. The summed E-state index contributed by atoms with van der Waals surface area (Å²) < 4.78 is 7.21. The summed E-state index contributed by atoms with van der Waals surface area (Å²) in [5.41, 5.74) is 2.89. The molecule has 1 saturated heterocycles. The van der Waals surface area contributed by atoms with Gasteiger partial charge in [0.15, 0.2) is 5.65 Å². The fourth-order valence-electron chi connectivity index (χ4n) is 4.38. The summed E-state index contributed by atoms with van der Waals surface area (Å²) in [5.74, 6) is -0.347. The molecule has 0 saturated carbocycles. The summed E-state index contributed by atoms with van der Waals surface area (Å²) in [4.78, 5) is 34.7. The number of fused-ring (bicyclic) bond motifs is 1. The topological polar surface area (TPSA) is 80.6 Å². The van der Waals surface area contributed by atoms with Crippen molar-refractivity contribution in [1.82, 2.24) is 24.6 Å². The number of piperazine rings is 1. The van der Waals surface area contributed by atoms with Crippen molar-refractivity contribution in [2.24, 2.45) is 0 Å². The van der Waals surface area contributed by atoms with Crippen LogP contribution in [0.5, 0.6) is 0 Å². The first kappa shape index (κ1) is 24.2. The fraction of sp³-hybridized carbons (Fsp3) is 0.440. The van der Waals surface area contributed by atoms with E-state index in [1.807, 2.05) is 34.7 Å². The molecule has 3 heterocycles. The zero-order chi connectivity index (χ0) is 24.4. The molecule has 1 atom stereocenters. The molecule has 4 rings (SSSR count). The number of ether oxygens (including phenoxy) is 1. The largest absolute Gasteiger partial charge is 0.465 e. The monoisotopic (exact) mass is 483 g/mol. The molecule has 3 aromatic rings. The van der Waals surface area contributed by atoms with Gasteiger partial charge in [-0.1, -0.05) is 23.7 Å². The molecule has 1 fully saturated rings. The number of carbonyl (C=O) groups is 2. The number of pyridine rings is 1. The van der Waals surface area contributed by atoms with E-state index in [4.69, 9.17) is 16.3 Å². The first-order valence-electron chi connectivity index (χ1n) is 11.6. The zero-order valence-electron chi connectivity index (χ0n) is 20.0. The van der Waals surface area contributed by atoms with E-state index in [0.29, 0.717) is 49.1 Å². The van der Waals surface area contributed by atoms with Crippen molar-refractivity contribution in [3.63, 3.8) is 0 Å². The molecule has 0 unspecified atom stereocenters. The molecule has 9 heteroatoms. The Labute approximate surface area is 204 Å². The molecule has 1 amide bonds. The van der Waals surface area contributed by atoms with Crippen LogP contribution < -0.4 is 0 Å². The standard InChI is InChI=1S/C25H30ClN5O3/c1-5-34-25(33)22(18-6-8-20(26)9-7-18)29-10-12-30(13-11-29)24(32)21-14-19-15-27-31(16(2)3)23(19)28-17(21)4/h6-9,14-16,22H,5,10-13H2,1-4H3/t22-/m1/s1. The average Bonchev–Trinajstić information content (AvgIpc) is 3.23. The van der Waals surface area contributed by atoms with Gasteiger partial charge >= 0.3 is 5.97 Å². The predicted octanol–water partition coefficient (Wildman–Crippen LogP) is 4.04. The Morgan fingerprint density at radius 1 is 1.12 bits per heavy atom. The maximum absolute atomic E-state index is 13.4. The maximum atomic E-state index is 13.4.